The molecule has 0 aliphatic heterocycles. The third-order valence-corrected chi connectivity index (χ3v) is 2.09. The maximum Gasteiger partial charge on any atom is 0.167 e. The molecule has 1 aliphatic rings. The van der Waals surface area contributed by atoms with Crippen molar-refractivity contribution in [2.75, 3.05) is 0 Å². The molecule has 1 aliphatic carbocycles. The van der Waals surface area contributed by atoms with Gasteiger partial charge in [-0.05, 0) is 5.56 Å². The van der Waals surface area contributed by atoms with Crippen LogP contribution in [0.1, 0.15) is 22.3 Å². The molecule has 1 nitrogen and oxygen atoms in total. The molecule has 0 radical (unpaired) electrons. The summed E-state index contributed by atoms with van der Waals surface area (Å²) >= 11 is 0. The van der Waals surface area contributed by atoms with E-state index in [1.165, 1.54) is 0 Å². The molecule has 64 valence electrons. The van der Waals surface area contributed by atoms with Gasteiger partial charge in [-0.1, -0.05) is 48.6 Å². The van der Waals surface area contributed by atoms with Gasteiger partial charge in [0.15, 0.2) is 5.78 Å². The van der Waals surface area contributed by atoms with Crippen molar-refractivity contribution in [2.24, 2.45) is 0 Å². The monoisotopic (exact) mass is 170 g/mol. The molecule has 1 aromatic carbocycles. The van der Waals surface area contributed by atoms with Crippen LogP contribution in [-0.4, -0.2) is 5.78 Å². The molecule has 0 saturated carbocycles. The summed E-state index contributed by atoms with van der Waals surface area (Å²) in [7, 11) is 0. The summed E-state index contributed by atoms with van der Waals surface area (Å²) in [5, 5.41) is 0. The van der Waals surface area contributed by atoms with Gasteiger partial charge in [0.05, 0.1) is 0 Å². The van der Waals surface area contributed by atoms with E-state index in [9.17, 15) is 4.79 Å². The molecule has 1 aromatic rings. The summed E-state index contributed by atoms with van der Waals surface area (Å²) in [6.45, 7) is 0. The van der Waals surface area contributed by atoms with Gasteiger partial charge < -0.3 is 0 Å². The first-order valence-electron chi connectivity index (χ1n) is 4.33. The predicted molar refractivity (Wildman–Crippen MR) is 53.6 cm³/mol. The Morgan fingerprint density at radius 1 is 1.08 bits per heavy atom. The second-order valence-corrected chi connectivity index (χ2v) is 3.00. The Bertz CT molecular complexity index is 386. The van der Waals surface area contributed by atoms with Gasteiger partial charge in [-0.3, -0.25) is 4.79 Å². The topological polar surface area (TPSA) is 17.1 Å². The Kier molecular flexibility index (Phi) is 2.09. The quantitative estimate of drug-likeness (QED) is 0.585. The Labute approximate surface area is 77.4 Å². The number of hydrogen-bond donors (Lipinski definition) is 0. The summed E-state index contributed by atoms with van der Waals surface area (Å²) in [4.78, 5) is 11.6. The summed E-state index contributed by atoms with van der Waals surface area (Å²) in [5.41, 5.74) is 1.83. The second-order valence-electron chi connectivity index (χ2n) is 3.00. The molecule has 0 bridgehead atoms. The number of rotatable bonds is 0. The van der Waals surface area contributed by atoms with E-state index in [1.807, 2.05) is 48.6 Å². The molecule has 13 heavy (non-hydrogen) atoms. The number of ketones is 1. The van der Waals surface area contributed by atoms with E-state index in [0.29, 0.717) is 6.42 Å². The zero-order chi connectivity index (χ0) is 9.10. The molecule has 2 rings (SSSR count). The molecule has 0 saturated heterocycles. The molecule has 1 heteroatoms. The fraction of sp³-hybridized carbons (Fsp3) is 0.0833. The summed E-state index contributed by atoms with van der Waals surface area (Å²) in [6, 6.07) is 7.68. The van der Waals surface area contributed by atoms with Gasteiger partial charge in [0, 0.05) is 12.0 Å². The van der Waals surface area contributed by atoms with Gasteiger partial charge in [0.25, 0.3) is 0 Å². The van der Waals surface area contributed by atoms with E-state index in [1.54, 1.807) is 0 Å². The molecule has 0 N–H and O–H groups in total. The number of carbonyl (C=O) groups excluding carboxylic acids is 1. The normalized spacial score (nSPS) is 19.8. The number of fused-ring (bicyclic) bond motifs is 1. The van der Waals surface area contributed by atoms with Gasteiger partial charge in [-0.2, -0.15) is 0 Å². The highest BCUT2D eigenvalue weighted by atomic mass is 16.1. The molecule has 0 aromatic heterocycles. The Morgan fingerprint density at radius 2 is 1.92 bits per heavy atom. The van der Waals surface area contributed by atoms with Crippen LogP contribution in [0, 0.1) is 0 Å². The van der Waals surface area contributed by atoms with Crippen LogP contribution in [0.3, 0.4) is 0 Å². The number of allylic oxidation sites excluding steroid dienone is 3. The fourth-order valence-electron chi connectivity index (χ4n) is 1.42. The van der Waals surface area contributed by atoms with Gasteiger partial charge in [0.2, 0.25) is 0 Å². The van der Waals surface area contributed by atoms with Crippen molar-refractivity contribution in [2.45, 2.75) is 6.42 Å². The first-order chi connectivity index (χ1) is 6.38. The minimum atomic E-state index is 0.191. The molecule has 0 heterocycles. The minimum Gasteiger partial charge on any atom is -0.294 e. The average Bonchev–Trinajstić information content (AvgIpc) is 2.14. The summed E-state index contributed by atoms with van der Waals surface area (Å²) in [5.74, 6) is 0.191. The average molecular weight is 170 g/mol. The molecular formula is C12H10O. The van der Waals surface area contributed by atoms with Crippen LogP contribution < -0.4 is 0 Å². The highest BCUT2D eigenvalue weighted by molar-refractivity contribution is 6.00. The maximum absolute atomic E-state index is 11.6. The lowest BCUT2D eigenvalue weighted by Crippen LogP contribution is -2.00. The van der Waals surface area contributed by atoms with E-state index in [4.69, 9.17) is 0 Å². The van der Waals surface area contributed by atoms with Crippen LogP contribution in [0.15, 0.2) is 42.5 Å². The van der Waals surface area contributed by atoms with Crippen LogP contribution in [0.2, 0.25) is 0 Å². The standard InChI is InChI=1S/C12H10O/c13-12-9-3-1-2-6-10-7-4-5-8-11(10)12/h1-8H,9H2/b3-1-,6-2-. The fourth-order valence-corrected chi connectivity index (χ4v) is 1.42. The van der Waals surface area contributed by atoms with Crippen molar-refractivity contribution >= 4 is 11.9 Å². The zero-order valence-electron chi connectivity index (χ0n) is 7.23. The predicted octanol–water partition coefficient (Wildman–Crippen LogP) is 2.84. The minimum absolute atomic E-state index is 0.191. The molecule has 0 fully saturated rings. The molecule has 0 unspecified atom stereocenters. The molecular weight excluding hydrogens is 160 g/mol. The van der Waals surface area contributed by atoms with Crippen LogP contribution in [0.25, 0.3) is 6.08 Å². The van der Waals surface area contributed by atoms with E-state index in [-0.39, 0.29) is 5.78 Å². The lowest BCUT2D eigenvalue weighted by molar-refractivity contribution is 0.0995. The SMILES string of the molecule is O=C1C/C=C\C=C/c2ccccc21. The third-order valence-electron chi connectivity index (χ3n) is 2.09. The summed E-state index contributed by atoms with van der Waals surface area (Å²) in [6.07, 6.45) is 8.22. The van der Waals surface area contributed by atoms with Gasteiger partial charge >= 0.3 is 0 Å². The lowest BCUT2D eigenvalue weighted by atomic mass is 9.99. The van der Waals surface area contributed by atoms with Gasteiger partial charge in [-0.25, -0.2) is 0 Å². The highest BCUT2D eigenvalue weighted by Gasteiger charge is 2.07. The molecule has 0 amide bonds. The van der Waals surface area contributed by atoms with E-state index in [2.05, 4.69) is 0 Å². The van der Waals surface area contributed by atoms with E-state index in [0.717, 1.165) is 11.1 Å². The summed E-state index contributed by atoms with van der Waals surface area (Å²) < 4.78 is 0. The Balaban J connectivity index is 2.55. The van der Waals surface area contributed by atoms with Crippen molar-refractivity contribution in [1.82, 2.24) is 0 Å². The first kappa shape index (κ1) is 7.99. The highest BCUT2D eigenvalue weighted by Crippen LogP contribution is 2.15. The van der Waals surface area contributed by atoms with Gasteiger partial charge in [0.1, 0.15) is 0 Å². The Morgan fingerprint density at radius 3 is 2.85 bits per heavy atom. The first-order valence-corrected chi connectivity index (χ1v) is 4.33. The second kappa shape index (κ2) is 3.40. The van der Waals surface area contributed by atoms with E-state index >= 15 is 0 Å². The van der Waals surface area contributed by atoms with Crippen molar-refractivity contribution in [1.29, 1.82) is 0 Å². The van der Waals surface area contributed by atoms with Crippen LogP contribution in [0.4, 0.5) is 0 Å². The van der Waals surface area contributed by atoms with Crippen LogP contribution >= 0.6 is 0 Å². The maximum atomic E-state index is 11.6. The van der Waals surface area contributed by atoms with Crippen molar-refractivity contribution in [3.8, 4) is 0 Å². The largest absolute Gasteiger partial charge is 0.294 e. The third kappa shape index (κ3) is 1.59. The number of hydrogen-bond acceptors (Lipinski definition) is 1. The number of Topliss-reactive ketones (excluding diaryl/α,β-unsaturated/α-hetero) is 1. The van der Waals surface area contributed by atoms with Crippen molar-refractivity contribution in [3.63, 3.8) is 0 Å². The van der Waals surface area contributed by atoms with Crippen LogP contribution in [-0.2, 0) is 0 Å². The number of benzene rings is 1. The smallest absolute Gasteiger partial charge is 0.167 e. The molecule has 0 spiro atoms. The van der Waals surface area contributed by atoms with E-state index < -0.39 is 0 Å². The molecule has 0 atom stereocenters. The van der Waals surface area contributed by atoms with Gasteiger partial charge in [-0.15, -0.1) is 0 Å². The number of carbonyl (C=O) groups is 1. The van der Waals surface area contributed by atoms with Crippen LogP contribution in [0.5, 0.6) is 0 Å². The van der Waals surface area contributed by atoms with Crippen molar-refractivity contribution < 1.29 is 4.79 Å². The zero-order valence-corrected chi connectivity index (χ0v) is 7.23. The Hall–Kier alpha value is -1.63. The van der Waals surface area contributed by atoms with Crippen molar-refractivity contribution in [3.05, 3.63) is 53.6 Å². The lowest BCUT2D eigenvalue weighted by Gasteiger charge is -2.04.